The Labute approximate surface area is 366 Å². The molecular weight excluding hydrogens is 769 g/mol. The molecule has 8 aromatic carbocycles. The van der Waals surface area contributed by atoms with Crippen LogP contribution in [0.2, 0.25) is 0 Å². The van der Waals surface area contributed by atoms with Gasteiger partial charge in [0.2, 0.25) is 0 Å². The third-order valence-corrected chi connectivity index (χ3v) is 12.0. The van der Waals surface area contributed by atoms with E-state index in [0.29, 0.717) is 24.0 Å². The van der Waals surface area contributed by atoms with Crippen LogP contribution in [0, 0.1) is 0 Å². The molecule has 0 bridgehead atoms. The fourth-order valence-corrected chi connectivity index (χ4v) is 8.96. The van der Waals surface area contributed by atoms with Gasteiger partial charge in [-0.25, -0.2) is 15.0 Å². The molecule has 0 atom stereocenters. The highest BCUT2D eigenvalue weighted by Crippen LogP contribution is 2.41. The van der Waals surface area contributed by atoms with Crippen LogP contribution in [0.25, 0.3) is 78.1 Å². The number of fused-ring (bicyclic) bond motifs is 3. The molecule has 3 heterocycles. The Morgan fingerprint density at radius 2 is 1.00 bits per heavy atom. The number of rotatable bonds is 9. The summed E-state index contributed by atoms with van der Waals surface area (Å²) in [7, 11) is 2.14. The van der Waals surface area contributed by atoms with Crippen molar-refractivity contribution in [2.45, 2.75) is 6.42 Å². The number of aliphatic imine (C=N–C) groups is 1. The van der Waals surface area contributed by atoms with Gasteiger partial charge in [-0.2, -0.15) is 0 Å². The summed E-state index contributed by atoms with van der Waals surface area (Å²) in [5, 5.41) is 2.43. The Morgan fingerprint density at radius 3 is 1.71 bits per heavy atom. The predicted molar refractivity (Wildman–Crippen MR) is 261 cm³/mol. The molecule has 0 aliphatic carbocycles. The third kappa shape index (κ3) is 7.07. The summed E-state index contributed by atoms with van der Waals surface area (Å²) in [4.78, 5) is 22.2. The zero-order valence-corrected chi connectivity index (χ0v) is 34.8. The Hall–Kier alpha value is -8.22. The van der Waals surface area contributed by atoms with Gasteiger partial charge in [0.25, 0.3) is 0 Å². The first-order valence-electron chi connectivity index (χ1n) is 21.4. The first kappa shape index (κ1) is 37.8. The molecule has 6 heteroatoms. The number of hydrogen-bond acceptors (Lipinski definition) is 5. The van der Waals surface area contributed by atoms with Crippen LogP contribution < -0.4 is 4.90 Å². The van der Waals surface area contributed by atoms with E-state index < -0.39 is 0 Å². The van der Waals surface area contributed by atoms with Crippen LogP contribution in [-0.4, -0.2) is 38.8 Å². The van der Waals surface area contributed by atoms with Gasteiger partial charge < -0.3 is 9.47 Å². The lowest BCUT2D eigenvalue weighted by atomic mass is 9.93. The van der Waals surface area contributed by atoms with Crippen LogP contribution in [0.5, 0.6) is 0 Å². The van der Waals surface area contributed by atoms with Crippen molar-refractivity contribution in [3.63, 3.8) is 0 Å². The standard InChI is InChI=1S/C57H42N6/c1-62(43-22-9-4-10-23-43)51-29-15-13-26-48(51)47-25-12-11-24-45(47)39-32-34-44(35-33-39)63-52-30-16-14-27-49(52)54-46(28-17-31-53(54)63)42-36-37-58-50(38-42)57-60-55(40-18-5-2-6-19-40)59-56(61-57)41-20-7-3-8-21-41/h2-35,38H,36-37H2,1H3. The van der Waals surface area contributed by atoms with Gasteiger partial charge in [0, 0.05) is 58.1 Å². The predicted octanol–water partition coefficient (Wildman–Crippen LogP) is 13.7. The molecule has 300 valence electrons. The van der Waals surface area contributed by atoms with Crippen molar-refractivity contribution in [3.05, 3.63) is 224 Å². The van der Waals surface area contributed by atoms with Crippen LogP contribution >= 0.6 is 0 Å². The number of dihydropyridines is 1. The van der Waals surface area contributed by atoms with Crippen molar-refractivity contribution in [2.24, 2.45) is 4.99 Å². The molecule has 0 radical (unpaired) electrons. The number of anilines is 2. The van der Waals surface area contributed by atoms with Gasteiger partial charge in [-0.05, 0) is 82.8 Å². The summed E-state index contributed by atoms with van der Waals surface area (Å²) in [6, 6.07) is 72.5. The summed E-state index contributed by atoms with van der Waals surface area (Å²) in [6.07, 6.45) is 2.99. The number of hydrogen-bond donors (Lipinski definition) is 0. The lowest BCUT2D eigenvalue weighted by Crippen LogP contribution is -2.12. The Morgan fingerprint density at radius 1 is 0.444 bits per heavy atom. The van der Waals surface area contributed by atoms with Crippen LogP contribution in [0.4, 0.5) is 11.4 Å². The monoisotopic (exact) mass is 810 g/mol. The van der Waals surface area contributed by atoms with Gasteiger partial charge in [0.15, 0.2) is 17.5 Å². The Kier molecular flexibility index (Phi) is 9.79. The van der Waals surface area contributed by atoms with Crippen molar-refractivity contribution in [3.8, 4) is 50.7 Å². The molecule has 0 saturated carbocycles. The van der Waals surface area contributed by atoms with Crippen molar-refractivity contribution in [2.75, 3.05) is 18.5 Å². The normalized spacial score (nSPS) is 12.6. The highest BCUT2D eigenvalue weighted by molar-refractivity contribution is 6.17. The van der Waals surface area contributed by atoms with Gasteiger partial charge >= 0.3 is 0 Å². The molecular formula is C57H42N6. The number of nitrogens with zero attached hydrogens (tertiary/aromatic N) is 6. The zero-order valence-electron chi connectivity index (χ0n) is 34.8. The van der Waals surface area contributed by atoms with Crippen LogP contribution in [0.1, 0.15) is 17.8 Å². The van der Waals surface area contributed by atoms with Gasteiger partial charge in [0.05, 0.1) is 11.0 Å². The van der Waals surface area contributed by atoms with E-state index >= 15 is 0 Å². The molecule has 1 aliphatic rings. The molecule has 63 heavy (non-hydrogen) atoms. The van der Waals surface area contributed by atoms with Crippen LogP contribution in [-0.2, 0) is 0 Å². The summed E-state index contributed by atoms with van der Waals surface area (Å²) in [6.45, 7) is 0.638. The van der Waals surface area contributed by atoms with E-state index in [1.54, 1.807) is 0 Å². The van der Waals surface area contributed by atoms with Gasteiger partial charge in [-0.15, -0.1) is 0 Å². The molecule has 10 aromatic rings. The van der Waals surface area contributed by atoms with E-state index in [1.165, 1.54) is 38.6 Å². The maximum atomic E-state index is 5.01. The molecule has 2 aromatic heterocycles. The van der Waals surface area contributed by atoms with E-state index in [9.17, 15) is 0 Å². The van der Waals surface area contributed by atoms with E-state index in [4.69, 9.17) is 19.9 Å². The first-order chi connectivity index (χ1) is 31.2. The molecule has 1 aliphatic heterocycles. The molecule has 0 N–H and O–H groups in total. The van der Waals surface area contributed by atoms with Gasteiger partial charge in [0.1, 0.15) is 5.71 Å². The fourth-order valence-electron chi connectivity index (χ4n) is 8.96. The smallest absolute Gasteiger partial charge is 0.181 e. The molecule has 0 spiro atoms. The van der Waals surface area contributed by atoms with Crippen molar-refractivity contribution in [1.29, 1.82) is 0 Å². The lowest BCUT2D eigenvalue weighted by molar-refractivity contribution is 0.988. The Bertz CT molecular complexity index is 3280. The minimum atomic E-state index is 0.572. The van der Waals surface area contributed by atoms with Gasteiger partial charge in [-0.1, -0.05) is 164 Å². The SMILES string of the molecule is CN(c1ccccc1)c1ccccc1-c1ccccc1-c1ccc(-n2c3ccccc3c3c(C4=CC(c5nc(-c6ccccc6)nc(-c6ccccc6)n5)=NCC4)cccc32)cc1. The quantitative estimate of drug-likeness (QED) is 0.146. The maximum absolute atomic E-state index is 5.01. The lowest BCUT2D eigenvalue weighted by Gasteiger charge is -2.24. The van der Waals surface area contributed by atoms with E-state index in [2.05, 4.69) is 168 Å². The summed E-state index contributed by atoms with van der Waals surface area (Å²) in [5.74, 6) is 1.83. The number of aromatic nitrogens is 4. The first-order valence-corrected chi connectivity index (χ1v) is 21.4. The molecule has 0 amide bonds. The van der Waals surface area contributed by atoms with Crippen molar-refractivity contribution >= 4 is 44.5 Å². The third-order valence-electron chi connectivity index (χ3n) is 12.0. The van der Waals surface area contributed by atoms with E-state index in [-0.39, 0.29) is 0 Å². The number of para-hydroxylation sites is 3. The average molecular weight is 811 g/mol. The molecule has 0 unspecified atom stereocenters. The summed E-state index contributed by atoms with van der Waals surface area (Å²) in [5.41, 5.74) is 15.5. The maximum Gasteiger partial charge on any atom is 0.181 e. The average Bonchev–Trinajstić information content (AvgIpc) is 3.71. The highest BCUT2D eigenvalue weighted by atomic mass is 15.1. The minimum Gasteiger partial charge on any atom is -0.344 e. The minimum absolute atomic E-state index is 0.572. The van der Waals surface area contributed by atoms with E-state index in [0.717, 1.165) is 56.9 Å². The Balaban J connectivity index is 0.981. The molecule has 11 rings (SSSR count). The van der Waals surface area contributed by atoms with Crippen molar-refractivity contribution < 1.29 is 0 Å². The fraction of sp³-hybridized carbons (Fsp3) is 0.0526. The molecule has 6 nitrogen and oxygen atoms in total. The second-order valence-corrected chi connectivity index (χ2v) is 15.8. The van der Waals surface area contributed by atoms with Crippen LogP contribution in [0.15, 0.2) is 217 Å². The molecule has 0 fully saturated rings. The highest BCUT2D eigenvalue weighted by Gasteiger charge is 2.22. The largest absolute Gasteiger partial charge is 0.344 e. The topological polar surface area (TPSA) is 59.2 Å². The summed E-state index contributed by atoms with van der Waals surface area (Å²) >= 11 is 0. The molecule has 0 saturated heterocycles. The van der Waals surface area contributed by atoms with Crippen LogP contribution in [0.3, 0.4) is 0 Å². The number of benzene rings is 8. The van der Waals surface area contributed by atoms with E-state index in [1.807, 2.05) is 60.7 Å². The van der Waals surface area contributed by atoms with Crippen molar-refractivity contribution in [1.82, 2.24) is 19.5 Å². The second kappa shape index (κ2) is 16.3. The summed E-state index contributed by atoms with van der Waals surface area (Å²) < 4.78 is 2.40. The number of allylic oxidation sites excluding steroid dienone is 1. The zero-order chi connectivity index (χ0) is 42.1. The van der Waals surface area contributed by atoms with Gasteiger partial charge in [-0.3, -0.25) is 4.99 Å². The second-order valence-electron chi connectivity index (χ2n) is 15.8.